The number of hydrogen-bond donors (Lipinski definition) is 0. The van der Waals surface area contributed by atoms with Crippen molar-refractivity contribution in [3.05, 3.63) is 83.6 Å². The lowest BCUT2D eigenvalue weighted by molar-refractivity contribution is 0.221. The number of nitrogens with zero attached hydrogens (tertiary/aromatic N) is 3. The van der Waals surface area contributed by atoms with Crippen LogP contribution in [0.3, 0.4) is 0 Å². The number of rotatable bonds is 6. The van der Waals surface area contributed by atoms with E-state index in [9.17, 15) is 0 Å². The summed E-state index contributed by atoms with van der Waals surface area (Å²) >= 11 is 0. The summed E-state index contributed by atoms with van der Waals surface area (Å²) in [6, 6.07) is 20.9. The van der Waals surface area contributed by atoms with E-state index in [4.69, 9.17) is 4.42 Å². The van der Waals surface area contributed by atoms with Crippen molar-refractivity contribution in [2.24, 2.45) is 0 Å². The lowest BCUT2D eigenvalue weighted by atomic mass is 10.1. The van der Waals surface area contributed by atoms with E-state index < -0.39 is 0 Å². The first kappa shape index (κ1) is 14.5. The highest BCUT2D eigenvalue weighted by atomic mass is 16.4. The molecule has 0 saturated carbocycles. The zero-order chi connectivity index (χ0) is 15.2. The molecular formula is C18H19N3O. The summed E-state index contributed by atoms with van der Waals surface area (Å²) < 4.78 is 5.53. The molecule has 0 bridgehead atoms. The van der Waals surface area contributed by atoms with Gasteiger partial charge in [0.1, 0.15) is 0 Å². The zero-order valence-electron chi connectivity index (χ0n) is 12.6. The summed E-state index contributed by atoms with van der Waals surface area (Å²) in [5.41, 5.74) is 2.55. The highest BCUT2D eigenvalue weighted by Crippen LogP contribution is 2.13. The third-order valence-corrected chi connectivity index (χ3v) is 3.42. The van der Waals surface area contributed by atoms with Crippen molar-refractivity contribution in [2.75, 3.05) is 0 Å². The van der Waals surface area contributed by atoms with Crippen molar-refractivity contribution in [2.45, 2.75) is 26.6 Å². The summed E-state index contributed by atoms with van der Waals surface area (Å²) in [6.07, 6.45) is 0. The van der Waals surface area contributed by atoms with Crippen LogP contribution < -0.4 is 0 Å². The molecule has 2 aromatic carbocycles. The van der Waals surface area contributed by atoms with Crippen molar-refractivity contribution in [3.8, 4) is 0 Å². The normalized spacial score (nSPS) is 11.0. The van der Waals surface area contributed by atoms with Crippen molar-refractivity contribution in [1.29, 1.82) is 0 Å². The first-order valence-electron chi connectivity index (χ1n) is 7.39. The lowest BCUT2D eigenvalue weighted by Gasteiger charge is -2.20. The van der Waals surface area contributed by atoms with E-state index in [2.05, 4.69) is 63.6 Å². The van der Waals surface area contributed by atoms with Gasteiger partial charge in [0.05, 0.1) is 6.54 Å². The Hall–Kier alpha value is -2.46. The molecule has 0 saturated heterocycles. The molecule has 0 amide bonds. The van der Waals surface area contributed by atoms with Gasteiger partial charge in [-0.05, 0) is 11.1 Å². The summed E-state index contributed by atoms with van der Waals surface area (Å²) in [4.78, 5) is 2.30. The minimum absolute atomic E-state index is 0.606. The topological polar surface area (TPSA) is 42.2 Å². The smallest absolute Gasteiger partial charge is 0.230 e. The molecule has 0 N–H and O–H groups in total. The molecule has 4 nitrogen and oxygen atoms in total. The van der Waals surface area contributed by atoms with Crippen LogP contribution >= 0.6 is 0 Å². The molecule has 1 heterocycles. The van der Waals surface area contributed by atoms with E-state index in [-0.39, 0.29) is 0 Å². The zero-order valence-corrected chi connectivity index (χ0v) is 12.6. The van der Waals surface area contributed by atoms with Crippen molar-refractivity contribution in [3.63, 3.8) is 0 Å². The van der Waals surface area contributed by atoms with Crippen molar-refractivity contribution >= 4 is 0 Å². The summed E-state index contributed by atoms with van der Waals surface area (Å²) in [5.74, 6) is 1.26. The fourth-order valence-corrected chi connectivity index (χ4v) is 2.44. The van der Waals surface area contributed by atoms with E-state index >= 15 is 0 Å². The van der Waals surface area contributed by atoms with Gasteiger partial charge in [-0.25, -0.2) is 0 Å². The van der Waals surface area contributed by atoms with Gasteiger partial charge in [0, 0.05) is 20.0 Å². The van der Waals surface area contributed by atoms with Crippen LogP contribution in [-0.4, -0.2) is 15.1 Å². The van der Waals surface area contributed by atoms with Crippen LogP contribution in [0.5, 0.6) is 0 Å². The van der Waals surface area contributed by atoms with Crippen LogP contribution in [0.15, 0.2) is 65.1 Å². The largest absolute Gasteiger partial charge is 0.424 e. The summed E-state index contributed by atoms with van der Waals surface area (Å²) in [6.45, 7) is 4.15. The molecule has 0 aliphatic rings. The molecule has 0 spiro atoms. The van der Waals surface area contributed by atoms with E-state index in [1.807, 2.05) is 19.1 Å². The molecule has 3 rings (SSSR count). The molecule has 0 aliphatic heterocycles. The van der Waals surface area contributed by atoms with Crippen LogP contribution in [-0.2, 0) is 19.6 Å². The summed E-state index contributed by atoms with van der Waals surface area (Å²) in [7, 11) is 0. The van der Waals surface area contributed by atoms with Gasteiger partial charge in [0.15, 0.2) is 0 Å². The molecule has 0 unspecified atom stereocenters. The monoisotopic (exact) mass is 293 g/mol. The molecule has 1 aromatic heterocycles. The highest BCUT2D eigenvalue weighted by Gasteiger charge is 2.12. The van der Waals surface area contributed by atoms with Crippen molar-refractivity contribution < 1.29 is 4.42 Å². The molecule has 112 valence electrons. The van der Waals surface area contributed by atoms with Gasteiger partial charge < -0.3 is 4.42 Å². The van der Waals surface area contributed by atoms with E-state index in [0.29, 0.717) is 18.3 Å². The molecule has 0 aliphatic carbocycles. The minimum Gasteiger partial charge on any atom is -0.424 e. The average molecular weight is 293 g/mol. The van der Waals surface area contributed by atoms with Crippen LogP contribution in [0, 0.1) is 6.92 Å². The number of aromatic nitrogens is 2. The predicted octanol–water partition coefficient (Wildman–Crippen LogP) is 3.58. The van der Waals surface area contributed by atoms with Gasteiger partial charge in [-0.2, -0.15) is 0 Å². The number of benzene rings is 2. The lowest BCUT2D eigenvalue weighted by Crippen LogP contribution is -2.22. The Kier molecular flexibility index (Phi) is 4.61. The Balaban J connectivity index is 1.75. The second kappa shape index (κ2) is 7.00. The highest BCUT2D eigenvalue weighted by molar-refractivity contribution is 5.17. The quantitative estimate of drug-likeness (QED) is 0.696. The molecule has 3 aromatic rings. The Labute approximate surface area is 130 Å². The maximum atomic E-state index is 5.53. The fraction of sp³-hybridized carbons (Fsp3) is 0.222. The van der Waals surface area contributed by atoms with E-state index in [1.165, 1.54) is 11.1 Å². The van der Waals surface area contributed by atoms with Gasteiger partial charge in [0.2, 0.25) is 11.8 Å². The molecule has 22 heavy (non-hydrogen) atoms. The second-order valence-electron chi connectivity index (χ2n) is 5.33. The Morgan fingerprint density at radius 2 is 1.32 bits per heavy atom. The molecule has 0 fully saturated rings. The van der Waals surface area contributed by atoms with E-state index in [1.54, 1.807) is 0 Å². The Bertz CT molecular complexity index is 653. The van der Waals surface area contributed by atoms with Crippen molar-refractivity contribution in [1.82, 2.24) is 15.1 Å². The maximum Gasteiger partial charge on any atom is 0.230 e. The Morgan fingerprint density at radius 1 is 0.773 bits per heavy atom. The average Bonchev–Trinajstić information content (AvgIpc) is 2.94. The second-order valence-corrected chi connectivity index (χ2v) is 5.33. The SMILES string of the molecule is Cc1nnc(CN(Cc2ccccc2)Cc2ccccc2)o1. The standard InChI is InChI=1S/C18H19N3O/c1-15-19-20-18(22-15)14-21(12-16-8-4-2-5-9-16)13-17-10-6-3-7-11-17/h2-11H,12-14H2,1H3. The van der Waals surface area contributed by atoms with Gasteiger partial charge in [-0.3, -0.25) is 4.90 Å². The molecular weight excluding hydrogens is 274 g/mol. The Morgan fingerprint density at radius 3 is 1.77 bits per heavy atom. The van der Waals surface area contributed by atoms with Crippen LogP contribution in [0.1, 0.15) is 22.9 Å². The van der Waals surface area contributed by atoms with Gasteiger partial charge in [0.25, 0.3) is 0 Å². The molecule has 4 heteroatoms. The van der Waals surface area contributed by atoms with Gasteiger partial charge in [-0.15, -0.1) is 10.2 Å². The molecule has 0 atom stereocenters. The fourth-order valence-electron chi connectivity index (χ4n) is 2.44. The third kappa shape index (κ3) is 4.02. The van der Waals surface area contributed by atoms with Crippen LogP contribution in [0.25, 0.3) is 0 Å². The predicted molar refractivity (Wildman–Crippen MR) is 84.9 cm³/mol. The van der Waals surface area contributed by atoms with Crippen LogP contribution in [0.2, 0.25) is 0 Å². The number of hydrogen-bond acceptors (Lipinski definition) is 4. The van der Waals surface area contributed by atoms with E-state index in [0.717, 1.165) is 13.1 Å². The third-order valence-electron chi connectivity index (χ3n) is 3.42. The van der Waals surface area contributed by atoms with Gasteiger partial charge in [-0.1, -0.05) is 60.7 Å². The van der Waals surface area contributed by atoms with Gasteiger partial charge >= 0.3 is 0 Å². The first-order chi connectivity index (χ1) is 10.8. The van der Waals surface area contributed by atoms with Crippen LogP contribution in [0.4, 0.5) is 0 Å². The molecule has 0 radical (unpaired) electrons. The number of aryl methyl sites for hydroxylation is 1. The first-order valence-corrected chi connectivity index (χ1v) is 7.39. The minimum atomic E-state index is 0.606. The maximum absolute atomic E-state index is 5.53. The summed E-state index contributed by atoms with van der Waals surface area (Å²) in [5, 5.41) is 8.02.